The van der Waals surface area contributed by atoms with Crippen molar-refractivity contribution in [1.29, 1.82) is 0 Å². The molecule has 0 fully saturated rings. The van der Waals surface area contributed by atoms with E-state index in [1.165, 1.54) is 28.0 Å². The fraction of sp³-hybridized carbons (Fsp3) is 0.160. The Bertz CT molecular complexity index is 1530. The number of nitro benzene ring substituents is 1. The number of halogens is 1. The fourth-order valence-corrected chi connectivity index (χ4v) is 4.98. The third-order valence-corrected chi connectivity index (χ3v) is 6.87. The highest BCUT2D eigenvalue weighted by Gasteiger charge is 2.33. The van der Waals surface area contributed by atoms with E-state index in [9.17, 15) is 19.7 Å². The van der Waals surface area contributed by atoms with E-state index < -0.39 is 16.9 Å². The number of benzene rings is 2. The summed E-state index contributed by atoms with van der Waals surface area (Å²) in [5.41, 5.74) is 2.09. The van der Waals surface area contributed by atoms with Crippen LogP contribution in [0, 0.1) is 10.1 Å². The molecule has 1 aliphatic heterocycles. The van der Waals surface area contributed by atoms with Crippen molar-refractivity contribution in [3.63, 3.8) is 0 Å². The first kappa shape index (κ1) is 24.5. The third-order valence-electron chi connectivity index (χ3n) is 5.34. The number of hydrogen-bond acceptors (Lipinski definition) is 7. The van der Waals surface area contributed by atoms with Gasteiger partial charge >= 0.3 is 5.97 Å². The molecule has 0 N–H and O–H groups in total. The Labute approximate surface area is 212 Å². The van der Waals surface area contributed by atoms with E-state index in [1.807, 2.05) is 24.3 Å². The number of thiazole rings is 1. The molecule has 0 spiro atoms. The Kier molecular flexibility index (Phi) is 7.23. The summed E-state index contributed by atoms with van der Waals surface area (Å²) < 4.78 is 8.14. The van der Waals surface area contributed by atoms with Gasteiger partial charge in [-0.2, -0.15) is 0 Å². The Hall–Kier alpha value is -3.63. The molecular weight excluding hydrogens is 534 g/mol. The topological polar surface area (TPSA) is 104 Å². The van der Waals surface area contributed by atoms with E-state index in [0.29, 0.717) is 20.6 Å². The zero-order chi connectivity index (χ0) is 25.1. The van der Waals surface area contributed by atoms with Crippen molar-refractivity contribution in [2.45, 2.75) is 19.9 Å². The second-order valence-electron chi connectivity index (χ2n) is 7.58. The van der Waals surface area contributed by atoms with Crippen molar-refractivity contribution in [3.8, 4) is 0 Å². The van der Waals surface area contributed by atoms with Gasteiger partial charge in [0.15, 0.2) is 4.80 Å². The molecule has 2 heterocycles. The summed E-state index contributed by atoms with van der Waals surface area (Å²) in [6.45, 7) is 3.68. The van der Waals surface area contributed by atoms with Gasteiger partial charge in [-0.05, 0) is 55.3 Å². The molecule has 1 aromatic heterocycles. The lowest BCUT2D eigenvalue weighted by atomic mass is 9.96. The van der Waals surface area contributed by atoms with Crippen LogP contribution in [0.2, 0.25) is 0 Å². The van der Waals surface area contributed by atoms with Crippen LogP contribution in [0.25, 0.3) is 12.2 Å². The van der Waals surface area contributed by atoms with Gasteiger partial charge in [-0.25, -0.2) is 9.79 Å². The van der Waals surface area contributed by atoms with Crippen LogP contribution in [-0.2, 0) is 9.53 Å². The molecule has 178 valence electrons. The average Bonchev–Trinajstić information content (AvgIpc) is 3.14. The molecule has 8 nitrogen and oxygen atoms in total. The fourth-order valence-electron chi connectivity index (χ4n) is 3.72. The highest BCUT2D eigenvalue weighted by atomic mass is 79.9. The molecule has 0 saturated carbocycles. The van der Waals surface area contributed by atoms with E-state index in [1.54, 1.807) is 44.2 Å². The minimum absolute atomic E-state index is 0.0103. The predicted octanol–water partition coefficient (Wildman–Crippen LogP) is 4.13. The number of nitrogens with zero attached hydrogens (tertiary/aromatic N) is 3. The van der Waals surface area contributed by atoms with Gasteiger partial charge in [0.05, 0.1) is 33.4 Å². The number of aromatic nitrogens is 1. The lowest BCUT2D eigenvalue weighted by Gasteiger charge is -2.24. The maximum atomic E-state index is 13.4. The Morgan fingerprint density at radius 2 is 1.91 bits per heavy atom. The normalized spacial score (nSPS) is 15.7. The van der Waals surface area contributed by atoms with Crippen LogP contribution < -0.4 is 14.9 Å². The van der Waals surface area contributed by atoms with E-state index in [2.05, 4.69) is 20.9 Å². The number of non-ortho nitro benzene ring substituents is 1. The maximum Gasteiger partial charge on any atom is 0.338 e. The van der Waals surface area contributed by atoms with E-state index >= 15 is 0 Å². The highest BCUT2D eigenvalue weighted by molar-refractivity contribution is 9.10. The van der Waals surface area contributed by atoms with Crippen LogP contribution in [0.3, 0.4) is 0 Å². The van der Waals surface area contributed by atoms with Gasteiger partial charge in [0.25, 0.3) is 11.2 Å². The number of nitro groups is 1. The smallest absolute Gasteiger partial charge is 0.338 e. The molecule has 3 aromatic rings. The molecule has 0 bridgehead atoms. The van der Waals surface area contributed by atoms with Gasteiger partial charge in [0, 0.05) is 16.6 Å². The first-order chi connectivity index (χ1) is 16.8. The molecule has 0 aliphatic carbocycles. The number of fused-ring (bicyclic) bond motifs is 1. The number of esters is 1. The van der Waals surface area contributed by atoms with Gasteiger partial charge in [-0.3, -0.25) is 19.5 Å². The number of rotatable bonds is 6. The van der Waals surface area contributed by atoms with Crippen LogP contribution in [0.1, 0.15) is 31.0 Å². The molecule has 10 heteroatoms. The zero-order valence-electron chi connectivity index (χ0n) is 18.8. The summed E-state index contributed by atoms with van der Waals surface area (Å²) in [7, 11) is 0. The number of hydrogen-bond donors (Lipinski definition) is 0. The summed E-state index contributed by atoms with van der Waals surface area (Å²) in [6, 6.07) is 12.9. The molecule has 1 unspecified atom stereocenters. The van der Waals surface area contributed by atoms with Gasteiger partial charge in [-0.15, -0.1) is 0 Å². The Morgan fingerprint density at radius 3 is 2.54 bits per heavy atom. The van der Waals surface area contributed by atoms with E-state index in [-0.39, 0.29) is 17.9 Å². The van der Waals surface area contributed by atoms with Crippen LogP contribution in [0.15, 0.2) is 80.1 Å². The lowest BCUT2D eigenvalue weighted by molar-refractivity contribution is -0.384. The van der Waals surface area contributed by atoms with Crippen molar-refractivity contribution < 1.29 is 14.5 Å². The second kappa shape index (κ2) is 10.3. The summed E-state index contributed by atoms with van der Waals surface area (Å²) >= 11 is 4.65. The molecule has 4 rings (SSSR count). The minimum atomic E-state index is -0.667. The SMILES string of the molecule is CCOC(=O)C1=C(C)N=c2sc(=CC=Cc3ccc([N+](=O)[O-])cc3)c(=O)n2C1c1ccc(Br)cc1. The summed E-state index contributed by atoms with van der Waals surface area (Å²) in [5.74, 6) is -0.506. The van der Waals surface area contributed by atoms with E-state index in [4.69, 9.17) is 4.74 Å². The van der Waals surface area contributed by atoms with Crippen LogP contribution >= 0.6 is 27.3 Å². The quantitative estimate of drug-likeness (QED) is 0.259. The van der Waals surface area contributed by atoms with Gasteiger partial charge < -0.3 is 4.74 Å². The molecule has 1 atom stereocenters. The Morgan fingerprint density at radius 1 is 1.23 bits per heavy atom. The molecule has 2 aromatic carbocycles. The van der Waals surface area contributed by atoms with Crippen molar-refractivity contribution >= 4 is 51.1 Å². The van der Waals surface area contributed by atoms with Crippen molar-refractivity contribution in [2.75, 3.05) is 6.61 Å². The van der Waals surface area contributed by atoms with Crippen molar-refractivity contribution in [3.05, 3.63) is 111 Å². The largest absolute Gasteiger partial charge is 0.463 e. The number of carbonyl (C=O) groups excluding carboxylic acids is 1. The minimum Gasteiger partial charge on any atom is -0.463 e. The summed E-state index contributed by atoms with van der Waals surface area (Å²) in [6.07, 6.45) is 5.14. The van der Waals surface area contributed by atoms with Crippen molar-refractivity contribution in [2.24, 2.45) is 4.99 Å². The van der Waals surface area contributed by atoms with Gasteiger partial charge in [0.1, 0.15) is 0 Å². The molecular formula is C25H20BrN3O5S. The lowest BCUT2D eigenvalue weighted by Crippen LogP contribution is -2.39. The second-order valence-corrected chi connectivity index (χ2v) is 9.51. The first-order valence-electron chi connectivity index (χ1n) is 10.7. The monoisotopic (exact) mass is 553 g/mol. The summed E-state index contributed by atoms with van der Waals surface area (Å²) in [5, 5.41) is 10.8. The molecule has 0 saturated heterocycles. The van der Waals surface area contributed by atoms with Crippen molar-refractivity contribution in [1.82, 2.24) is 4.57 Å². The van der Waals surface area contributed by atoms with Crippen LogP contribution in [-0.4, -0.2) is 22.1 Å². The van der Waals surface area contributed by atoms with E-state index in [0.717, 1.165) is 15.6 Å². The molecule has 1 aliphatic rings. The summed E-state index contributed by atoms with van der Waals surface area (Å²) in [4.78, 5) is 41.7. The zero-order valence-corrected chi connectivity index (χ0v) is 21.2. The first-order valence-corrected chi connectivity index (χ1v) is 12.3. The number of carbonyl (C=O) groups is 1. The molecule has 0 amide bonds. The number of allylic oxidation sites excluding steroid dienone is 2. The number of ether oxygens (including phenoxy) is 1. The predicted molar refractivity (Wildman–Crippen MR) is 138 cm³/mol. The molecule has 0 radical (unpaired) electrons. The highest BCUT2D eigenvalue weighted by Crippen LogP contribution is 2.31. The average molecular weight is 554 g/mol. The van der Waals surface area contributed by atoms with Gasteiger partial charge in [0.2, 0.25) is 0 Å². The van der Waals surface area contributed by atoms with Crippen LogP contribution in [0.4, 0.5) is 5.69 Å². The molecule has 35 heavy (non-hydrogen) atoms. The third kappa shape index (κ3) is 5.08. The van der Waals surface area contributed by atoms with Gasteiger partial charge in [-0.1, -0.05) is 51.6 Å². The van der Waals surface area contributed by atoms with Crippen LogP contribution in [0.5, 0.6) is 0 Å². The Balaban J connectivity index is 1.79. The maximum absolute atomic E-state index is 13.4. The standard InChI is InChI=1S/C25H20BrN3O5S/c1-3-34-24(31)21-15(2)27-25-28(22(21)17-9-11-18(26)12-10-17)23(30)20(35-25)6-4-5-16-7-13-19(14-8-16)29(32)33/h4-14,22H,3H2,1-2H3.